The SMILES string of the molecule is C=C(C)[Se].[Au+].[CH3-]. The van der Waals surface area contributed by atoms with Crippen LogP contribution in [0.5, 0.6) is 0 Å². The molecular weight excluding hydrogens is 324 g/mol. The van der Waals surface area contributed by atoms with Crippen LogP contribution in [0.3, 0.4) is 0 Å². The predicted molar refractivity (Wildman–Crippen MR) is 27.0 cm³/mol. The Hall–Kier alpha value is 1.000. The van der Waals surface area contributed by atoms with Crippen molar-refractivity contribution in [1.29, 1.82) is 0 Å². The molecule has 0 heterocycles. The van der Waals surface area contributed by atoms with Crippen LogP contribution in [0.1, 0.15) is 6.92 Å². The summed E-state index contributed by atoms with van der Waals surface area (Å²) in [5.74, 6) is 0. The van der Waals surface area contributed by atoms with E-state index in [1.807, 2.05) is 6.92 Å². The first kappa shape index (κ1) is 15.8. The number of allylic oxidation sites excluding steroid dienone is 1. The Kier molecular flexibility index (Phi) is 24.6. The van der Waals surface area contributed by atoms with Gasteiger partial charge in [-0.25, -0.2) is 0 Å². The fraction of sp³-hybridized carbons (Fsp3) is 0.250. The van der Waals surface area contributed by atoms with E-state index in [4.69, 9.17) is 0 Å². The van der Waals surface area contributed by atoms with E-state index in [2.05, 4.69) is 22.6 Å². The van der Waals surface area contributed by atoms with Crippen LogP contribution >= 0.6 is 0 Å². The van der Waals surface area contributed by atoms with Gasteiger partial charge in [-0.3, -0.25) is 0 Å². The fourth-order valence-electron chi connectivity index (χ4n) is 0. The van der Waals surface area contributed by atoms with Crippen molar-refractivity contribution in [3.63, 3.8) is 0 Å². The van der Waals surface area contributed by atoms with Crippen LogP contribution in [0.15, 0.2) is 11.1 Å². The van der Waals surface area contributed by atoms with Crippen LogP contribution in [0.25, 0.3) is 0 Å². The van der Waals surface area contributed by atoms with Gasteiger partial charge in [0.15, 0.2) is 0 Å². The Bertz CT molecular complexity index is 30.5. The maximum atomic E-state index is 3.50. The molecule has 0 aromatic carbocycles. The third kappa shape index (κ3) is 80.0. The minimum absolute atomic E-state index is 0. The summed E-state index contributed by atoms with van der Waals surface area (Å²) in [7, 11) is 0. The van der Waals surface area contributed by atoms with Crippen molar-refractivity contribution in [2.45, 2.75) is 6.92 Å². The number of hydrogen-bond acceptors (Lipinski definition) is 0. The van der Waals surface area contributed by atoms with Crippen molar-refractivity contribution in [3.05, 3.63) is 18.5 Å². The van der Waals surface area contributed by atoms with Gasteiger partial charge in [-0.2, -0.15) is 0 Å². The van der Waals surface area contributed by atoms with E-state index in [1.165, 1.54) is 0 Å². The van der Waals surface area contributed by atoms with E-state index < -0.39 is 0 Å². The van der Waals surface area contributed by atoms with Crippen molar-refractivity contribution < 1.29 is 22.4 Å². The van der Waals surface area contributed by atoms with Crippen molar-refractivity contribution in [1.82, 2.24) is 0 Å². The topological polar surface area (TPSA) is 0 Å². The summed E-state index contributed by atoms with van der Waals surface area (Å²) in [6, 6.07) is 0. The van der Waals surface area contributed by atoms with E-state index in [0.29, 0.717) is 0 Å². The molecule has 0 amide bonds. The minimum atomic E-state index is 0. The second kappa shape index (κ2) is 9.37. The van der Waals surface area contributed by atoms with Gasteiger partial charge in [0.25, 0.3) is 0 Å². The van der Waals surface area contributed by atoms with Crippen molar-refractivity contribution >= 4 is 16.0 Å². The van der Waals surface area contributed by atoms with Gasteiger partial charge in [-0.15, -0.1) is 0 Å². The molecule has 0 unspecified atom stereocenters. The van der Waals surface area contributed by atoms with Gasteiger partial charge in [0, 0.05) is 0 Å². The Labute approximate surface area is 63.7 Å². The van der Waals surface area contributed by atoms with E-state index in [1.54, 1.807) is 0 Å². The van der Waals surface area contributed by atoms with Gasteiger partial charge in [0.2, 0.25) is 0 Å². The molecule has 0 saturated heterocycles. The van der Waals surface area contributed by atoms with Crippen LogP contribution < -0.4 is 0 Å². The van der Waals surface area contributed by atoms with Gasteiger partial charge < -0.3 is 7.43 Å². The molecule has 1 radical (unpaired) electrons. The second-order valence-electron chi connectivity index (χ2n) is 0.702. The van der Waals surface area contributed by atoms with Gasteiger partial charge in [0.1, 0.15) is 0 Å². The predicted octanol–water partition coefficient (Wildman–Crippen LogP) is 1.14. The van der Waals surface area contributed by atoms with E-state index in [-0.39, 0.29) is 29.8 Å². The monoisotopic (exact) mass is 333 g/mol. The fourth-order valence-corrected chi connectivity index (χ4v) is 0. The third-order valence-corrected chi connectivity index (χ3v) is 0. The van der Waals surface area contributed by atoms with Gasteiger partial charge in [-0.1, -0.05) is 0 Å². The third-order valence-electron chi connectivity index (χ3n) is 0. The zero-order valence-electron chi connectivity index (χ0n) is 3.92. The summed E-state index contributed by atoms with van der Waals surface area (Å²) < 4.78 is 1.04. The first-order valence-electron chi connectivity index (χ1n) is 1.06. The molecule has 0 atom stereocenters. The van der Waals surface area contributed by atoms with Gasteiger partial charge in [0.05, 0.1) is 0 Å². The summed E-state index contributed by atoms with van der Waals surface area (Å²) in [6.07, 6.45) is 0. The normalized spacial score (nSPS) is 4.17. The molecule has 0 aliphatic heterocycles. The van der Waals surface area contributed by atoms with E-state index in [9.17, 15) is 0 Å². The smallest absolute Gasteiger partial charge is 0.358 e. The Balaban J connectivity index is -0.0000000450. The Morgan fingerprint density at radius 3 is 1.67 bits per heavy atom. The Morgan fingerprint density at radius 2 is 1.67 bits per heavy atom. The maximum Gasteiger partial charge on any atom is 1.00 e. The summed E-state index contributed by atoms with van der Waals surface area (Å²) in [6.45, 7) is 5.42. The Morgan fingerprint density at radius 1 is 1.67 bits per heavy atom. The molecule has 0 bridgehead atoms. The van der Waals surface area contributed by atoms with Gasteiger partial charge in [-0.05, 0) is 0 Å². The summed E-state index contributed by atoms with van der Waals surface area (Å²) in [5, 5.41) is 0. The van der Waals surface area contributed by atoms with E-state index in [0.717, 1.165) is 4.47 Å². The van der Waals surface area contributed by atoms with Gasteiger partial charge >= 0.3 is 56.4 Å². The largest absolute Gasteiger partial charge is 1.00 e. The molecule has 2 heteroatoms. The molecule has 0 aliphatic rings. The molecule has 6 heavy (non-hydrogen) atoms. The molecule has 0 aromatic rings. The average Bonchev–Trinajstić information content (AvgIpc) is 0.811. The summed E-state index contributed by atoms with van der Waals surface area (Å²) in [4.78, 5) is 0. The molecular formula is C4H8AuSe. The van der Waals surface area contributed by atoms with Crippen LogP contribution in [-0.4, -0.2) is 16.0 Å². The summed E-state index contributed by atoms with van der Waals surface area (Å²) >= 11 is 2.71. The summed E-state index contributed by atoms with van der Waals surface area (Å²) in [5.41, 5.74) is 0. The maximum absolute atomic E-state index is 3.50. The standard InChI is InChI=1S/C3H5Se.CH3.Au/c1-3(2)4;;/h1H2,2H3;1H3;/q;-1;+1. The molecule has 0 N–H and O–H groups in total. The molecule has 41 valence electrons. The number of rotatable bonds is 0. The van der Waals surface area contributed by atoms with Crippen LogP contribution in [-0.2, 0) is 22.4 Å². The number of hydrogen-bond donors (Lipinski definition) is 0. The molecule has 0 aromatic heterocycles. The van der Waals surface area contributed by atoms with Crippen LogP contribution in [0, 0.1) is 7.43 Å². The van der Waals surface area contributed by atoms with Crippen molar-refractivity contribution in [3.8, 4) is 0 Å². The quantitative estimate of drug-likeness (QED) is 0.461. The average molecular weight is 332 g/mol. The second-order valence-corrected chi connectivity index (χ2v) is 2.16. The molecule has 0 nitrogen and oxygen atoms in total. The van der Waals surface area contributed by atoms with Crippen molar-refractivity contribution in [2.75, 3.05) is 0 Å². The minimum Gasteiger partial charge on any atom is -0.358 e. The molecule has 0 spiro atoms. The first-order chi connectivity index (χ1) is 1.73. The first-order valence-corrected chi connectivity index (χ1v) is 1.91. The van der Waals surface area contributed by atoms with Crippen molar-refractivity contribution in [2.24, 2.45) is 0 Å². The molecule has 0 saturated carbocycles. The molecule has 0 rings (SSSR count). The van der Waals surface area contributed by atoms with Crippen LogP contribution in [0.4, 0.5) is 0 Å². The van der Waals surface area contributed by atoms with Crippen LogP contribution in [0.2, 0.25) is 0 Å². The molecule has 0 aliphatic carbocycles. The van der Waals surface area contributed by atoms with E-state index >= 15 is 0 Å². The zero-order chi connectivity index (χ0) is 3.58. The zero-order valence-corrected chi connectivity index (χ0v) is 7.80. The molecule has 0 fully saturated rings.